The Balaban J connectivity index is 1.91. The molecular formula is C18H17N3O3. The van der Waals surface area contributed by atoms with Crippen molar-refractivity contribution in [1.29, 1.82) is 0 Å². The van der Waals surface area contributed by atoms with Crippen molar-refractivity contribution in [3.8, 4) is 11.5 Å². The summed E-state index contributed by atoms with van der Waals surface area (Å²) < 4.78 is 10.4. The number of ether oxygens (including phenoxy) is 2. The predicted molar refractivity (Wildman–Crippen MR) is 93.5 cm³/mol. The lowest BCUT2D eigenvalue weighted by molar-refractivity contribution is -0.111. The molecule has 0 fully saturated rings. The van der Waals surface area contributed by atoms with Gasteiger partial charge in [-0.15, -0.1) is 5.10 Å². The highest BCUT2D eigenvalue weighted by Gasteiger charge is 2.30. The van der Waals surface area contributed by atoms with E-state index < -0.39 is 0 Å². The molecule has 1 aliphatic heterocycles. The highest BCUT2D eigenvalue weighted by molar-refractivity contribution is 6.54. The highest BCUT2D eigenvalue weighted by atomic mass is 16.5. The van der Waals surface area contributed by atoms with Gasteiger partial charge in [-0.05, 0) is 18.2 Å². The molecule has 0 N–H and O–H groups in total. The first-order valence-corrected chi connectivity index (χ1v) is 7.35. The van der Waals surface area contributed by atoms with Gasteiger partial charge in [-0.2, -0.15) is 5.10 Å². The van der Waals surface area contributed by atoms with E-state index in [1.165, 1.54) is 0 Å². The van der Waals surface area contributed by atoms with Gasteiger partial charge in [0.2, 0.25) is 0 Å². The van der Waals surface area contributed by atoms with Crippen molar-refractivity contribution >= 4 is 23.5 Å². The summed E-state index contributed by atoms with van der Waals surface area (Å²) in [5.74, 6) is 1.15. The zero-order valence-corrected chi connectivity index (χ0v) is 13.7. The maximum atomic E-state index is 12.3. The number of fused-ring (bicyclic) bond motifs is 1. The molecule has 0 bridgehead atoms. The predicted octanol–water partition coefficient (Wildman–Crippen LogP) is 2.50. The number of nitrogens with zero attached hydrogens (tertiary/aromatic N) is 3. The van der Waals surface area contributed by atoms with Crippen LogP contribution < -0.4 is 14.4 Å². The normalized spacial score (nSPS) is 15.2. The Hall–Kier alpha value is -3.15. The van der Waals surface area contributed by atoms with E-state index in [4.69, 9.17) is 9.47 Å². The molecule has 0 spiro atoms. The summed E-state index contributed by atoms with van der Waals surface area (Å²) in [5.41, 5.74) is 2.71. The SMILES string of the molecule is COc1cc(/C=N\N=C2/C(=O)N(C)c3ccccc32)cc(OC)c1. The van der Waals surface area contributed by atoms with E-state index in [0.717, 1.165) is 16.8 Å². The molecule has 0 unspecified atom stereocenters. The minimum Gasteiger partial charge on any atom is -0.497 e. The zero-order chi connectivity index (χ0) is 17.1. The first-order valence-electron chi connectivity index (χ1n) is 7.35. The Labute approximate surface area is 140 Å². The molecule has 0 saturated heterocycles. The van der Waals surface area contributed by atoms with Gasteiger partial charge in [0.25, 0.3) is 5.91 Å². The number of carbonyl (C=O) groups excluding carboxylic acids is 1. The average molecular weight is 323 g/mol. The van der Waals surface area contributed by atoms with E-state index in [1.807, 2.05) is 36.4 Å². The molecule has 2 aromatic rings. The Bertz CT molecular complexity index is 821. The molecule has 6 nitrogen and oxygen atoms in total. The van der Waals surface area contributed by atoms with Crippen LogP contribution in [0, 0.1) is 0 Å². The number of carbonyl (C=O) groups is 1. The standard InChI is InChI=1S/C18H17N3O3/c1-21-16-7-5-4-6-15(16)17(18(21)22)20-19-11-12-8-13(23-2)10-14(9-12)24-3/h4-11H,1-3H3/b19-11-,20-17-. The lowest BCUT2D eigenvalue weighted by atomic mass is 10.1. The van der Waals surface area contributed by atoms with Gasteiger partial charge in [0.05, 0.1) is 26.1 Å². The zero-order valence-electron chi connectivity index (χ0n) is 13.7. The summed E-state index contributed by atoms with van der Waals surface area (Å²) in [4.78, 5) is 13.9. The fourth-order valence-electron chi connectivity index (χ4n) is 2.50. The van der Waals surface area contributed by atoms with Gasteiger partial charge < -0.3 is 14.4 Å². The van der Waals surface area contributed by atoms with Gasteiger partial charge in [-0.1, -0.05) is 18.2 Å². The molecule has 1 aliphatic rings. The molecule has 1 amide bonds. The van der Waals surface area contributed by atoms with Crippen LogP contribution in [-0.4, -0.2) is 39.1 Å². The minimum absolute atomic E-state index is 0.170. The van der Waals surface area contributed by atoms with E-state index in [-0.39, 0.29) is 5.91 Å². The number of hydrogen-bond donors (Lipinski definition) is 0. The van der Waals surface area contributed by atoms with Crippen LogP contribution in [0.1, 0.15) is 11.1 Å². The monoisotopic (exact) mass is 323 g/mol. The Kier molecular flexibility index (Phi) is 4.29. The first-order chi connectivity index (χ1) is 11.6. The number of methoxy groups -OCH3 is 2. The highest BCUT2D eigenvalue weighted by Crippen LogP contribution is 2.27. The van der Waals surface area contributed by atoms with Crippen LogP contribution in [0.25, 0.3) is 0 Å². The van der Waals surface area contributed by atoms with Crippen molar-refractivity contribution < 1.29 is 14.3 Å². The van der Waals surface area contributed by atoms with E-state index in [2.05, 4.69) is 10.2 Å². The molecule has 6 heteroatoms. The van der Waals surface area contributed by atoms with E-state index >= 15 is 0 Å². The van der Waals surface area contributed by atoms with Gasteiger partial charge in [0.1, 0.15) is 11.5 Å². The molecule has 0 saturated carbocycles. The Morgan fingerprint density at radius 1 is 1.04 bits per heavy atom. The Morgan fingerprint density at radius 2 is 1.71 bits per heavy atom. The molecule has 3 rings (SSSR count). The smallest absolute Gasteiger partial charge is 0.279 e. The fourth-order valence-corrected chi connectivity index (χ4v) is 2.50. The number of para-hydroxylation sites is 1. The second-order valence-electron chi connectivity index (χ2n) is 5.22. The quantitative estimate of drug-likeness (QED) is 0.641. The molecule has 24 heavy (non-hydrogen) atoms. The van der Waals surface area contributed by atoms with Gasteiger partial charge in [0, 0.05) is 24.2 Å². The lowest BCUT2D eigenvalue weighted by Gasteiger charge is -2.07. The maximum Gasteiger partial charge on any atom is 0.279 e. The summed E-state index contributed by atoms with van der Waals surface area (Å²) in [7, 11) is 4.89. The van der Waals surface area contributed by atoms with E-state index in [1.54, 1.807) is 38.4 Å². The number of likely N-dealkylation sites (N-methyl/N-ethyl adjacent to an activating group) is 1. The summed E-state index contributed by atoms with van der Waals surface area (Å²) in [6.07, 6.45) is 1.56. The van der Waals surface area contributed by atoms with Crippen molar-refractivity contribution in [1.82, 2.24) is 0 Å². The lowest BCUT2D eigenvalue weighted by Crippen LogP contribution is -2.25. The van der Waals surface area contributed by atoms with Crippen LogP contribution in [0.3, 0.4) is 0 Å². The molecule has 0 aromatic heterocycles. The van der Waals surface area contributed by atoms with Crippen LogP contribution in [-0.2, 0) is 4.79 Å². The summed E-state index contributed by atoms with van der Waals surface area (Å²) >= 11 is 0. The van der Waals surface area contributed by atoms with Crippen LogP contribution in [0.5, 0.6) is 11.5 Å². The number of amides is 1. The van der Waals surface area contributed by atoms with Crippen LogP contribution in [0.2, 0.25) is 0 Å². The van der Waals surface area contributed by atoms with Gasteiger partial charge >= 0.3 is 0 Å². The number of rotatable bonds is 4. The molecule has 0 radical (unpaired) electrons. The molecular weight excluding hydrogens is 306 g/mol. The average Bonchev–Trinajstić information content (AvgIpc) is 2.86. The first kappa shape index (κ1) is 15.7. The fraction of sp³-hybridized carbons (Fsp3) is 0.167. The second-order valence-corrected chi connectivity index (χ2v) is 5.22. The Morgan fingerprint density at radius 3 is 2.38 bits per heavy atom. The molecule has 0 atom stereocenters. The number of benzene rings is 2. The summed E-state index contributed by atoms with van der Waals surface area (Å²) in [6, 6.07) is 12.9. The van der Waals surface area contributed by atoms with E-state index in [0.29, 0.717) is 17.2 Å². The molecule has 0 aliphatic carbocycles. The third-order valence-corrected chi connectivity index (χ3v) is 3.77. The van der Waals surface area contributed by atoms with Crippen LogP contribution in [0.15, 0.2) is 52.7 Å². The summed E-state index contributed by atoms with van der Waals surface area (Å²) in [6.45, 7) is 0. The van der Waals surface area contributed by atoms with Crippen LogP contribution >= 0.6 is 0 Å². The molecule has 122 valence electrons. The van der Waals surface area contributed by atoms with Crippen molar-refractivity contribution in [2.45, 2.75) is 0 Å². The third-order valence-electron chi connectivity index (χ3n) is 3.77. The minimum atomic E-state index is -0.170. The summed E-state index contributed by atoms with van der Waals surface area (Å²) in [5, 5.41) is 8.18. The largest absolute Gasteiger partial charge is 0.497 e. The topological polar surface area (TPSA) is 63.5 Å². The van der Waals surface area contributed by atoms with Gasteiger partial charge in [-0.25, -0.2) is 0 Å². The number of hydrogen-bond acceptors (Lipinski definition) is 5. The van der Waals surface area contributed by atoms with Crippen molar-refractivity contribution in [2.24, 2.45) is 10.2 Å². The van der Waals surface area contributed by atoms with Crippen molar-refractivity contribution in [3.05, 3.63) is 53.6 Å². The number of anilines is 1. The van der Waals surface area contributed by atoms with Crippen molar-refractivity contribution in [3.63, 3.8) is 0 Å². The maximum absolute atomic E-state index is 12.3. The molecule has 1 heterocycles. The van der Waals surface area contributed by atoms with E-state index in [9.17, 15) is 4.79 Å². The second kappa shape index (κ2) is 6.54. The third kappa shape index (κ3) is 2.86. The van der Waals surface area contributed by atoms with Gasteiger partial charge in [-0.3, -0.25) is 4.79 Å². The molecule has 2 aromatic carbocycles. The van der Waals surface area contributed by atoms with Crippen molar-refractivity contribution in [2.75, 3.05) is 26.2 Å². The van der Waals surface area contributed by atoms with Crippen LogP contribution in [0.4, 0.5) is 5.69 Å². The van der Waals surface area contributed by atoms with Gasteiger partial charge in [0.15, 0.2) is 5.71 Å².